The molecule has 0 spiro atoms. The molecule has 0 saturated carbocycles. The van der Waals surface area contributed by atoms with Crippen molar-refractivity contribution < 1.29 is 16.2 Å². The third kappa shape index (κ3) is 6.33. The lowest BCUT2D eigenvalue weighted by Crippen LogP contribution is -2.31. The van der Waals surface area contributed by atoms with E-state index in [0.717, 1.165) is 49.8 Å². The highest BCUT2D eigenvalue weighted by molar-refractivity contribution is 6.09. The Morgan fingerprint density at radius 3 is 2.05 bits per heavy atom. The highest BCUT2D eigenvalue weighted by Crippen LogP contribution is 2.37. The molecule has 3 heterocycles. The third-order valence-electron chi connectivity index (χ3n) is 10.6. The number of aryl methyl sites for hydroxylation is 1. The molecule has 6 aromatic carbocycles. The zero-order valence-electron chi connectivity index (χ0n) is 37.8. The van der Waals surface area contributed by atoms with Gasteiger partial charge in [-0.15, -0.1) is 0 Å². The number of hydrogen-bond acceptors (Lipinski definition) is 2. The second-order valence-electron chi connectivity index (χ2n) is 16.6. The average molecular weight is 737 g/mol. The van der Waals surface area contributed by atoms with Crippen molar-refractivity contribution >= 4 is 32.8 Å². The van der Waals surface area contributed by atoms with E-state index in [1.54, 1.807) is 6.20 Å². The number of para-hydroxylation sites is 3. The van der Waals surface area contributed by atoms with E-state index in [-0.39, 0.29) is 40.6 Å². The maximum atomic E-state index is 8.56. The van der Waals surface area contributed by atoms with E-state index >= 15 is 0 Å². The summed E-state index contributed by atoms with van der Waals surface area (Å²) in [7, 11) is 0. The van der Waals surface area contributed by atoms with Crippen LogP contribution in [0.1, 0.15) is 65.1 Å². The summed E-state index contributed by atoms with van der Waals surface area (Å²) in [5, 5.41) is 2.08. The van der Waals surface area contributed by atoms with Crippen LogP contribution in [0.15, 0.2) is 158 Å². The van der Waals surface area contributed by atoms with Crippen molar-refractivity contribution in [3.05, 3.63) is 175 Å². The molecule has 56 heavy (non-hydrogen) atoms. The number of nitrogens with zero attached hydrogens (tertiary/aromatic N) is 4. The molecule has 0 amide bonds. The first-order chi connectivity index (χ1) is 29.0. The molecule has 0 radical (unpaired) electrons. The molecule has 0 atom stereocenters. The zero-order chi connectivity index (χ0) is 43.1. The van der Waals surface area contributed by atoms with Gasteiger partial charge in [-0.2, -0.15) is 9.13 Å². The molecule has 0 unspecified atom stereocenters. The normalized spacial score (nSPS) is 13.4. The lowest BCUT2D eigenvalue weighted by molar-refractivity contribution is -0.567. The minimum Gasteiger partial charge on any atom is -0.457 e. The summed E-state index contributed by atoms with van der Waals surface area (Å²) in [6.45, 7) is 15.5. The van der Waals surface area contributed by atoms with Gasteiger partial charge in [-0.3, -0.25) is 4.57 Å². The fourth-order valence-corrected chi connectivity index (χ4v) is 7.54. The van der Waals surface area contributed by atoms with Gasteiger partial charge in [0, 0.05) is 34.7 Å². The average Bonchev–Trinajstić information content (AvgIpc) is 3.78. The number of imidazole rings is 1. The Labute approximate surface area is 336 Å². The monoisotopic (exact) mass is 736 g/mol. The molecule has 5 heteroatoms. The molecule has 0 N–H and O–H groups in total. The van der Waals surface area contributed by atoms with Gasteiger partial charge in [-0.05, 0) is 101 Å². The quantitative estimate of drug-likeness (QED) is 0.159. The van der Waals surface area contributed by atoms with Gasteiger partial charge < -0.3 is 4.74 Å². The van der Waals surface area contributed by atoms with Crippen LogP contribution in [0.3, 0.4) is 0 Å². The van der Waals surface area contributed by atoms with Crippen LogP contribution >= 0.6 is 0 Å². The largest absolute Gasteiger partial charge is 0.457 e. The predicted octanol–water partition coefficient (Wildman–Crippen LogP) is 12.8. The van der Waals surface area contributed by atoms with E-state index in [1.807, 2.05) is 49.4 Å². The van der Waals surface area contributed by atoms with Gasteiger partial charge in [0.05, 0.1) is 17.9 Å². The lowest BCUT2D eigenvalue weighted by Gasteiger charge is -2.25. The maximum Gasteiger partial charge on any atom is 0.255 e. The van der Waals surface area contributed by atoms with Crippen molar-refractivity contribution in [1.29, 1.82) is 0 Å². The first-order valence-electron chi connectivity index (χ1n) is 21.5. The van der Waals surface area contributed by atoms with Crippen molar-refractivity contribution in [2.75, 3.05) is 0 Å². The topological polar surface area (TPSA) is 35.9 Å². The maximum absolute atomic E-state index is 8.56. The van der Waals surface area contributed by atoms with Crippen molar-refractivity contribution in [3.8, 4) is 39.8 Å². The number of rotatable bonds is 6. The van der Waals surface area contributed by atoms with Crippen LogP contribution in [0, 0.1) is 6.92 Å². The van der Waals surface area contributed by atoms with Crippen LogP contribution in [0.2, 0.25) is 0 Å². The third-order valence-corrected chi connectivity index (χ3v) is 10.6. The van der Waals surface area contributed by atoms with E-state index in [4.69, 9.17) is 16.6 Å². The Balaban J connectivity index is 1.11. The Bertz CT molecular complexity index is 3160. The van der Waals surface area contributed by atoms with Crippen molar-refractivity contribution in [2.24, 2.45) is 0 Å². The molecule has 0 bridgehead atoms. The van der Waals surface area contributed by atoms with Crippen LogP contribution < -0.4 is 9.30 Å². The first kappa shape index (κ1) is 29.8. The second kappa shape index (κ2) is 13.4. The van der Waals surface area contributed by atoms with E-state index in [9.17, 15) is 0 Å². The summed E-state index contributed by atoms with van der Waals surface area (Å²) in [6.07, 6.45) is 3.77. The summed E-state index contributed by atoms with van der Waals surface area (Å²) in [5.41, 5.74) is 10.0. The smallest absolute Gasteiger partial charge is 0.255 e. The van der Waals surface area contributed by atoms with Gasteiger partial charge in [0.1, 0.15) is 28.7 Å². The number of benzene rings is 6. The summed E-state index contributed by atoms with van der Waals surface area (Å²) in [4.78, 5) is 4.84. The van der Waals surface area contributed by atoms with Gasteiger partial charge in [0.2, 0.25) is 0 Å². The Morgan fingerprint density at radius 2 is 1.32 bits per heavy atom. The Kier molecular flexibility index (Phi) is 7.13. The van der Waals surface area contributed by atoms with E-state index in [2.05, 4.69) is 134 Å². The standard InChI is InChI=1S/C51H47N4O/c1-34-26-49(52-32-44(34)35-16-9-8-10-17-35)55-45-21-12-11-20-42(45)43-25-24-41(31-48(43)55)56-40-19-15-18-38(30-40)53-33-54(47-23-14-13-22-46(47)53)39-28-36(50(2,3)4)27-37(29-39)51(5,6)7/h8-33H,1-7H3/q+1/i8D,9D,10D,16D,17D. The van der Waals surface area contributed by atoms with Crippen molar-refractivity contribution in [3.63, 3.8) is 0 Å². The number of fused-ring (bicyclic) bond motifs is 4. The summed E-state index contributed by atoms with van der Waals surface area (Å²) >= 11 is 0. The first-order valence-corrected chi connectivity index (χ1v) is 19.0. The summed E-state index contributed by atoms with van der Waals surface area (Å²) in [5.74, 6) is 1.97. The fraction of sp³-hybridized carbons (Fsp3) is 0.176. The molecule has 0 aliphatic carbocycles. The molecule has 0 aliphatic rings. The van der Waals surface area contributed by atoms with Crippen LogP contribution in [0.5, 0.6) is 11.5 Å². The van der Waals surface area contributed by atoms with Gasteiger partial charge >= 0.3 is 0 Å². The molecule has 0 aliphatic heterocycles. The predicted molar refractivity (Wildman–Crippen MR) is 231 cm³/mol. The van der Waals surface area contributed by atoms with Crippen LogP contribution in [0.25, 0.3) is 61.2 Å². The molecule has 9 aromatic rings. The van der Waals surface area contributed by atoms with Gasteiger partial charge in [-0.1, -0.05) is 114 Å². The molecule has 5 nitrogen and oxygen atoms in total. The lowest BCUT2D eigenvalue weighted by atomic mass is 9.80. The van der Waals surface area contributed by atoms with Crippen LogP contribution in [-0.2, 0) is 10.8 Å². The number of hydrogen-bond donors (Lipinski definition) is 0. The van der Waals surface area contributed by atoms with E-state index in [1.165, 1.54) is 11.1 Å². The fourth-order valence-electron chi connectivity index (χ4n) is 7.54. The minimum atomic E-state index is -0.421. The molecular formula is C51H47N4O+. The van der Waals surface area contributed by atoms with Gasteiger partial charge in [-0.25, -0.2) is 4.98 Å². The van der Waals surface area contributed by atoms with Gasteiger partial charge in [0.15, 0.2) is 11.0 Å². The molecule has 9 rings (SSSR count). The minimum absolute atomic E-state index is 0.0183. The molecule has 3 aromatic heterocycles. The molecular weight excluding hydrogens is 685 g/mol. The van der Waals surface area contributed by atoms with Gasteiger partial charge in [0.25, 0.3) is 6.33 Å². The van der Waals surface area contributed by atoms with Crippen LogP contribution in [-0.4, -0.2) is 14.1 Å². The molecule has 0 fully saturated rings. The van der Waals surface area contributed by atoms with Crippen molar-refractivity contribution in [1.82, 2.24) is 14.1 Å². The summed E-state index contributed by atoms with van der Waals surface area (Å²) in [6, 6.07) is 38.0. The highest BCUT2D eigenvalue weighted by Gasteiger charge is 2.25. The van der Waals surface area contributed by atoms with Crippen molar-refractivity contribution in [2.45, 2.75) is 59.3 Å². The SMILES string of the molecule is [2H]c1c([2H])c([2H])c(-c2cnc(-n3c4ccccc4c4ccc(Oc5cccc(-n6c[n+](-c7cc(C(C)(C)C)cc(C(C)(C)C)c7)c7ccccc76)c5)cc43)cc2C)c([2H])c1[2H]. The summed E-state index contributed by atoms with van der Waals surface area (Å²) < 4.78 is 54.8. The number of pyridine rings is 1. The number of aromatic nitrogens is 4. The van der Waals surface area contributed by atoms with E-state index < -0.39 is 6.04 Å². The zero-order valence-corrected chi connectivity index (χ0v) is 32.8. The Morgan fingerprint density at radius 1 is 0.643 bits per heavy atom. The van der Waals surface area contributed by atoms with E-state index in [0.29, 0.717) is 22.9 Å². The Hall–Kier alpha value is -6.46. The highest BCUT2D eigenvalue weighted by atomic mass is 16.5. The number of ether oxygens (including phenoxy) is 1. The van der Waals surface area contributed by atoms with Crippen LogP contribution in [0.4, 0.5) is 0 Å². The molecule has 276 valence electrons. The second-order valence-corrected chi connectivity index (χ2v) is 16.6. The molecule has 0 saturated heterocycles.